The fourth-order valence-electron chi connectivity index (χ4n) is 3.77. The Kier molecular flexibility index (Phi) is 5.06. The molecule has 0 atom stereocenters. The van der Waals surface area contributed by atoms with Crippen LogP contribution < -0.4 is 5.32 Å². The monoisotopic (exact) mass is 446 g/mol. The maximum absolute atomic E-state index is 14.1. The van der Waals surface area contributed by atoms with E-state index in [4.69, 9.17) is 11.6 Å². The summed E-state index contributed by atoms with van der Waals surface area (Å²) >= 11 is 5.99. The molecule has 1 aromatic heterocycles. The second-order valence-corrected chi connectivity index (χ2v) is 8.60. The molecular formula is C26H20ClFN2O2. The Morgan fingerprint density at radius 1 is 1.09 bits per heavy atom. The minimum atomic E-state index is -0.790. The van der Waals surface area contributed by atoms with Crippen molar-refractivity contribution in [3.8, 4) is 16.9 Å². The summed E-state index contributed by atoms with van der Waals surface area (Å²) in [7, 11) is 0. The molecule has 0 amide bonds. The van der Waals surface area contributed by atoms with Crippen molar-refractivity contribution < 1.29 is 14.3 Å². The molecule has 1 saturated carbocycles. The van der Waals surface area contributed by atoms with E-state index in [1.165, 1.54) is 12.1 Å². The molecule has 4 aromatic rings. The highest BCUT2D eigenvalue weighted by atomic mass is 35.5. The van der Waals surface area contributed by atoms with Gasteiger partial charge in [0.1, 0.15) is 0 Å². The summed E-state index contributed by atoms with van der Waals surface area (Å²) in [6.07, 6.45) is 3.43. The van der Waals surface area contributed by atoms with E-state index in [1.54, 1.807) is 6.20 Å². The number of pyridine rings is 1. The largest absolute Gasteiger partial charge is 0.504 e. The third-order valence-electron chi connectivity index (χ3n) is 5.75. The van der Waals surface area contributed by atoms with Gasteiger partial charge in [-0.15, -0.1) is 0 Å². The molecule has 2 N–H and O–H groups in total. The van der Waals surface area contributed by atoms with Crippen molar-refractivity contribution in [1.82, 2.24) is 4.98 Å². The lowest BCUT2D eigenvalue weighted by Crippen LogP contribution is -2.07. The Balaban J connectivity index is 1.69. The zero-order valence-electron chi connectivity index (χ0n) is 17.3. The van der Waals surface area contributed by atoms with Gasteiger partial charge in [0.25, 0.3) is 0 Å². The van der Waals surface area contributed by atoms with E-state index in [0.717, 1.165) is 29.5 Å². The van der Waals surface area contributed by atoms with Gasteiger partial charge in [0.15, 0.2) is 17.3 Å². The molecule has 160 valence electrons. The summed E-state index contributed by atoms with van der Waals surface area (Å²) in [4.78, 5) is 17.5. The number of benzene rings is 3. The number of hydrogen-bond donors (Lipinski definition) is 2. The van der Waals surface area contributed by atoms with Gasteiger partial charge in [0.2, 0.25) is 0 Å². The number of carbonyl (C=O) groups excluding carboxylic acids is 1. The van der Waals surface area contributed by atoms with Crippen molar-refractivity contribution >= 4 is 39.7 Å². The average molecular weight is 447 g/mol. The smallest absolute Gasteiger partial charge is 0.170 e. The van der Waals surface area contributed by atoms with E-state index in [2.05, 4.69) is 10.3 Å². The molecular weight excluding hydrogens is 427 g/mol. The van der Waals surface area contributed by atoms with Gasteiger partial charge >= 0.3 is 0 Å². The van der Waals surface area contributed by atoms with Gasteiger partial charge in [0, 0.05) is 23.2 Å². The first kappa shape index (κ1) is 20.5. The maximum Gasteiger partial charge on any atom is 0.170 e. The maximum atomic E-state index is 14.1. The number of nitrogens with one attached hydrogen (secondary N) is 1. The van der Waals surface area contributed by atoms with Crippen LogP contribution in [0.15, 0.2) is 60.8 Å². The Labute approximate surface area is 189 Å². The summed E-state index contributed by atoms with van der Waals surface area (Å²) in [5, 5.41) is 13.8. The summed E-state index contributed by atoms with van der Waals surface area (Å²) in [5.74, 6) is -1.24. The van der Waals surface area contributed by atoms with Crippen LogP contribution in [-0.2, 0) is 0 Å². The van der Waals surface area contributed by atoms with E-state index >= 15 is 0 Å². The minimum Gasteiger partial charge on any atom is -0.504 e. The molecule has 0 aliphatic heterocycles. The van der Waals surface area contributed by atoms with Gasteiger partial charge in [-0.25, -0.2) is 4.39 Å². The summed E-state index contributed by atoms with van der Waals surface area (Å²) in [6, 6.07) is 16.2. The molecule has 1 fully saturated rings. The van der Waals surface area contributed by atoms with Crippen LogP contribution in [0, 0.1) is 18.7 Å². The lowest BCUT2D eigenvalue weighted by molar-refractivity contribution is 0.0968. The molecule has 0 bridgehead atoms. The van der Waals surface area contributed by atoms with Gasteiger partial charge in [-0.3, -0.25) is 9.78 Å². The van der Waals surface area contributed by atoms with Crippen LogP contribution in [-0.4, -0.2) is 15.9 Å². The van der Waals surface area contributed by atoms with E-state index in [0.29, 0.717) is 27.9 Å². The van der Waals surface area contributed by atoms with Crippen LogP contribution in [0.4, 0.5) is 15.8 Å². The van der Waals surface area contributed by atoms with Crippen LogP contribution in [0.3, 0.4) is 0 Å². The Hall–Kier alpha value is -3.44. The van der Waals surface area contributed by atoms with Crippen LogP contribution in [0.5, 0.6) is 5.75 Å². The van der Waals surface area contributed by atoms with Crippen molar-refractivity contribution in [3.05, 3.63) is 82.8 Å². The Morgan fingerprint density at radius 3 is 2.53 bits per heavy atom. The van der Waals surface area contributed by atoms with Crippen LogP contribution in [0.2, 0.25) is 5.02 Å². The van der Waals surface area contributed by atoms with Crippen molar-refractivity contribution in [2.45, 2.75) is 19.8 Å². The molecule has 4 nitrogen and oxygen atoms in total. The normalized spacial score (nSPS) is 13.3. The number of phenols is 1. The predicted octanol–water partition coefficient (Wildman–Crippen LogP) is 7.04. The number of carbonyl (C=O) groups is 1. The second-order valence-electron chi connectivity index (χ2n) is 8.20. The van der Waals surface area contributed by atoms with Crippen molar-refractivity contribution in [1.29, 1.82) is 0 Å². The standard InChI is InChI=1S/C26H20ClFN2O2/c1-14-2-7-18(8-3-14)30-24-19-10-16(17-11-21(27)26(32)22(28)12-17)6-9-23(19)29-13-20(24)25(31)15-4-5-15/h2-3,6-13,15,32H,4-5H2,1H3,(H,29,30). The molecule has 1 aliphatic rings. The van der Waals surface area contributed by atoms with Crippen molar-refractivity contribution in [3.63, 3.8) is 0 Å². The molecule has 3 aromatic carbocycles. The van der Waals surface area contributed by atoms with Gasteiger partial charge in [-0.05, 0) is 67.3 Å². The highest BCUT2D eigenvalue weighted by Crippen LogP contribution is 2.39. The van der Waals surface area contributed by atoms with Gasteiger partial charge < -0.3 is 10.4 Å². The molecule has 0 radical (unpaired) electrons. The molecule has 0 spiro atoms. The van der Waals surface area contributed by atoms with E-state index in [-0.39, 0.29) is 16.7 Å². The van der Waals surface area contributed by atoms with E-state index < -0.39 is 11.6 Å². The van der Waals surface area contributed by atoms with E-state index in [1.807, 2.05) is 49.4 Å². The number of hydrogen-bond acceptors (Lipinski definition) is 4. The number of aromatic hydroxyl groups is 1. The summed E-state index contributed by atoms with van der Waals surface area (Å²) in [5.41, 5.74) is 5.15. The number of rotatable bonds is 5. The number of phenolic OH excluding ortho intramolecular Hbond substituents is 1. The number of halogens is 2. The fourth-order valence-corrected chi connectivity index (χ4v) is 3.98. The van der Waals surface area contributed by atoms with Crippen molar-refractivity contribution in [2.75, 3.05) is 5.32 Å². The third kappa shape index (κ3) is 3.80. The van der Waals surface area contributed by atoms with Gasteiger partial charge in [0.05, 0.1) is 21.8 Å². The van der Waals surface area contributed by atoms with Crippen molar-refractivity contribution in [2.24, 2.45) is 5.92 Å². The van der Waals surface area contributed by atoms with E-state index in [9.17, 15) is 14.3 Å². The van der Waals surface area contributed by atoms with Crippen LogP contribution in [0.1, 0.15) is 28.8 Å². The Morgan fingerprint density at radius 2 is 1.84 bits per heavy atom. The van der Waals surface area contributed by atoms with Crippen LogP contribution in [0.25, 0.3) is 22.0 Å². The summed E-state index contributed by atoms with van der Waals surface area (Å²) < 4.78 is 14.1. The molecule has 0 saturated heterocycles. The quantitative estimate of drug-likeness (QED) is 0.322. The fraction of sp³-hybridized carbons (Fsp3) is 0.154. The lowest BCUT2D eigenvalue weighted by atomic mass is 9.98. The molecule has 0 unspecified atom stereocenters. The number of aromatic nitrogens is 1. The zero-order valence-corrected chi connectivity index (χ0v) is 18.1. The number of nitrogens with zero attached hydrogens (tertiary/aromatic N) is 1. The first-order chi connectivity index (χ1) is 15.4. The molecule has 32 heavy (non-hydrogen) atoms. The molecule has 6 heteroatoms. The number of ketones is 1. The molecule has 1 aliphatic carbocycles. The third-order valence-corrected chi connectivity index (χ3v) is 6.04. The highest BCUT2D eigenvalue weighted by molar-refractivity contribution is 6.32. The second kappa shape index (κ2) is 7.92. The topological polar surface area (TPSA) is 62.2 Å². The Bertz CT molecular complexity index is 1340. The number of aryl methyl sites for hydroxylation is 1. The van der Waals surface area contributed by atoms with Gasteiger partial charge in [-0.1, -0.05) is 35.4 Å². The summed E-state index contributed by atoms with van der Waals surface area (Å²) in [6.45, 7) is 2.02. The first-order valence-corrected chi connectivity index (χ1v) is 10.8. The molecule has 5 rings (SSSR count). The number of Topliss-reactive ketones (excluding diaryl/α,β-unsaturated/α-hetero) is 1. The first-order valence-electron chi connectivity index (χ1n) is 10.4. The average Bonchev–Trinajstić information content (AvgIpc) is 3.63. The minimum absolute atomic E-state index is 0.0426. The SMILES string of the molecule is Cc1ccc(Nc2c(C(=O)C3CC3)cnc3ccc(-c4cc(F)c(O)c(Cl)c4)cc23)cc1. The van der Waals surface area contributed by atoms with Gasteiger partial charge in [-0.2, -0.15) is 0 Å². The zero-order chi connectivity index (χ0) is 22.4. The number of anilines is 2. The number of fused-ring (bicyclic) bond motifs is 1. The molecule has 1 heterocycles. The van der Waals surface area contributed by atoms with Crippen LogP contribution >= 0.6 is 11.6 Å². The lowest BCUT2D eigenvalue weighted by Gasteiger charge is -2.15. The predicted molar refractivity (Wildman–Crippen MR) is 125 cm³/mol. The highest BCUT2D eigenvalue weighted by Gasteiger charge is 2.32.